The Bertz CT molecular complexity index is 760. The van der Waals surface area contributed by atoms with Crippen LogP contribution in [0.4, 0.5) is 0 Å². The third-order valence-electron chi connectivity index (χ3n) is 4.19. The van der Waals surface area contributed by atoms with Crippen LogP contribution in [0.15, 0.2) is 29.2 Å². The second-order valence-corrected chi connectivity index (χ2v) is 7.89. The highest BCUT2D eigenvalue weighted by molar-refractivity contribution is 7.89. The molecule has 1 atom stereocenters. The van der Waals surface area contributed by atoms with Crippen molar-refractivity contribution in [2.45, 2.75) is 38.1 Å². The number of aromatic nitrogens is 2. The minimum Gasteiger partial charge on any atom is -0.301 e. The van der Waals surface area contributed by atoms with Crippen LogP contribution in [0.5, 0.6) is 0 Å². The molecule has 2 N–H and O–H groups in total. The van der Waals surface area contributed by atoms with Gasteiger partial charge in [0.05, 0.1) is 11.4 Å². The maximum absolute atomic E-state index is 12.6. The molecular formula is C17H26N4O2S. The summed E-state index contributed by atoms with van der Waals surface area (Å²) in [5.74, 6) is 0. The molecule has 0 spiro atoms. The quantitative estimate of drug-likeness (QED) is 0.802. The summed E-state index contributed by atoms with van der Waals surface area (Å²) in [5, 5.41) is 6.69. The van der Waals surface area contributed by atoms with Gasteiger partial charge in [-0.3, -0.25) is 5.10 Å². The smallest absolute Gasteiger partial charge is 0.244 e. The maximum Gasteiger partial charge on any atom is 0.244 e. The molecule has 24 heavy (non-hydrogen) atoms. The lowest BCUT2D eigenvalue weighted by Gasteiger charge is -2.25. The zero-order valence-corrected chi connectivity index (χ0v) is 15.7. The highest BCUT2D eigenvalue weighted by atomic mass is 32.2. The minimum absolute atomic E-state index is 0.0433. The molecule has 0 aliphatic carbocycles. The van der Waals surface area contributed by atoms with Crippen LogP contribution >= 0.6 is 0 Å². The molecule has 1 aromatic heterocycles. The van der Waals surface area contributed by atoms with E-state index in [2.05, 4.69) is 46.1 Å². The van der Waals surface area contributed by atoms with Crippen molar-refractivity contribution in [1.82, 2.24) is 19.8 Å². The molecule has 7 heteroatoms. The summed E-state index contributed by atoms with van der Waals surface area (Å²) >= 11 is 0. The molecule has 2 rings (SSSR count). The van der Waals surface area contributed by atoms with Gasteiger partial charge >= 0.3 is 0 Å². The fourth-order valence-corrected chi connectivity index (χ4v) is 4.18. The Balaban J connectivity index is 2.19. The van der Waals surface area contributed by atoms with E-state index in [0.29, 0.717) is 17.9 Å². The molecule has 1 unspecified atom stereocenters. The normalized spacial score (nSPS) is 13.4. The summed E-state index contributed by atoms with van der Waals surface area (Å²) in [4.78, 5) is 2.25. The molecule has 0 amide bonds. The van der Waals surface area contributed by atoms with Gasteiger partial charge in [-0.1, -0.05) is 31.2 Å². The number of nitrogens with zero attached hydrogens (tertiary/aromatic N) is 2. The van der Waals surface area contributed by atoms with Gasteiger partial charge in [0, 0.05) is 12.6 Å². The summed E-state index contributed by atoms with van der Waals surface area (Å²) in [6, 6.07) is 8.26. The molecule has 1 heterocycles. The third-order valence-corrected chi connectivity index (χ3v) is 5.88. The Morgan fingerprint density at radius 3 is 2.29 bits per heavy atom. The van der Waals surface area contributed by atoms with Gasteiger partial charge in [0.25, 0.3) is 0 Å². The largest absolute Gasteiger partial charge is 0.301 e. The van der Waals surface area contributed by atoms with Crippen molar-refractivity contribution < 1.29 is 8.42 Å². The highest BCUT2D eigenvalue weighted by Gasteiger charge is 2.24. The zero-order chi connectivity index (χ0) is 17.9. The second-order valence-electron chi connectivity index (χ2n) is 6.19. The summed E-state index contributed by atoms with van der Waals surface area (Å²) in [7, 11) is 0.293. The molecule has 0 bridgehead atoms. The van der Waals surface area contributed by atoms with Crippen LogP contribution in [0.3, 0.4) is 0 Å². The van der Waals surface area contributed by atoms with E-state index in [1.807, 2.05) is 19.0 Å². The molecule has 0 saturated heterocycles. The van der Waals surface area contributed by atoms with E-state index in [0.717, 1.165) is 12.0 Å². The van der Waals surface area contributed by atoms with E-state index in [-0.39, 0.29) is 10.9 Å². The van der Waals surface area contributed by atoms with Gasteiger partial charge in [0.1, 0.15) is 4.90 Å². The molecule has 1 aromatic carbocycles. The van der Waals surface area contributed by atoms with Gasteiger partial charge in [0.15, 0.2) is 0 Å². The van der Waals surface area contributed by atoms with Gasteiger partial charge in [0.2, 0.25) is 10.0 Å². The summed E-state index contributed by atoms with van der Waals surface area (Å²) in [6.07, 6.45) is 0.985. The Morgan fingerprint density at radius 2 is 1.83 bits per heavy atom. The second kappa shape index (κ2) is 7.46. The van der Waals surface area contributed by atoms with Crippen LogP contribution in [0.2, 0.25) is 0 Å². The molecular weight excluding hydrogens is 324 g/mol. The number of sulfonamides is 1. The number of benzene rings is 1. The third kappa shape index (κ3) is 4.03. The number of hydrogen-bond acceptors (Lipinski definition) is 4. The average molecular weight is 350 g/mol. The van der Waals surface area contributed by atoms with E-state index in [4.69, 9.17) is 0 Å². The minimum atomic E-state index is -3.60. The van der Waals surface area contributed by atoms with Crippen LogP contribution in [-0.2, 0) is 16.4 Å². The lowest BCUT2D eigenvalue weighted by atomic mass is 10.0. The molecule has 132 valence electrons. The van der Waals surface area contributed by atoms with Gasteiger partial charge in [-0.15, -0.1) is 0 Å². The van der Waals surface area contributed by atoms with Crippen molar-refractivity contribution in [3.05, 3.63) is 46.8 Å². The van der Waals surface area contributed by atoms with E-state index in [9.17, 15) is 8.42 Å². The van der Waals surface area contributed by atoms with Crippen LogP contribution in [0.1, 0.15) is 35.5 Å². The molecule has 0 aliphatic rings. The van der Waals surface area contributed by atoms with Crippen molar-refractivity contribution in [1.29, 1.82) is 0 Å². The monoisotopic (exact) mass is 350 g/mol. The molecule has 0 aliphatic heterocycles. The first-order valence-electron chi connectivity index (χ1n) is 8.02. The predicted octanol–water partition coefficient (Wildman–Crippen LogP) is 2.17. The Morgan fingerprint density at radius 1 is 1.21 bits per heavy atom. The average Bonchev–Trinajstić information content (AvgIpc) is 2.87. The number of aryl methyl sites for hydroxylation is 3. The fourth-order valence-electron chi connectivity index (χ4n) is 2.77. The number of H-pyrrole nitrogens is 1. The molecule has 0 radical (unpaired) electrons. The van der Waals surface area contributed by atoms with Gasteiger partial charge in [-0.05, 0) is 45.5 Å². The fraction of sp³-hybridized carbons (Fsp3) is 0.471. The molecule has 2 aromatic rings. The molecule has 0 fully saturated rings. The van der Waals surface area contributed by atoms with Crippen molar-refractivity contribution in [3.63, 3.8) is 0 Å². The standard InChI is InChI=1S/C17H26N4O2S/c1-6-14-7-9-15(10-8-14)16(21(4)5)11-18-24(22,23)17-12(2)19-20-13(17)3/h7-10,16,18H,6,11H2,1-5H3,(H,19,20). The Labute approximate surface area is 144 Å². The van der Waals surface area contributed by atoms with Crippen LogP contribution in [-0.4, -0.2) is 44.2 Å². The van der Waals surface area contributed by atoms with E-state index in [1.54, 1.807) is 13.8 Å². The van der Waals surface area contributed by atoms with Crippen LogP contribution in [0, 0.1) is 13.8 Å². The highest BCUT2D eigenvalue weighted by Crippen LogP contribution is 2.21. The number of hydrogen-bond donors (Lipinski definition) is 2. The van der Waals surface area contributed by atoms with Crippen molar-refractivity contribution in [3.8, 4) is 0 Å². The van der Waals surface area contributed by atoms with Gasteiger partial charge in [-0.2, -0.15) is 5.10 Å². The van der Waals surface area contributed by atoms with E-state index >= 15 is 0 Å². The molecule has 0 saturated carbocycles. The topological polar surface area (TPSA) is 78.1 Å². The summed E-state index contributed by atoms with van der Waals surface area (Å²) in [6.45, 7) is 5.80. The van der Waals surface area contributed by atoms with E-state index < -0.39 is 10.0 Å². The SMILES string of the molecule is CCc1ccc(C(CNS(=O)(=O)c2c(C)n[nH]c2C)N(C)C)cc1. The van der Waals surface area contributed by atoms with E-state index in [1.165, 1.54) is 5.56 Å². The van der Waals surface area contributed by atoms with Crippen molar-refractivity contribution >= 4 is 10.0 Å². The first-order valence-corrected chi connectivity index (χ1v) is 9.51. The first kappa shape index (κ1) is 18.6. The van der Waals surface area contributed by atoms with Crippen LogP contribution in [0.25, 0.3) is 0 Å². The predicted molar refractivity (Wildman–Crippen MR) is 95.5 cm³/mol. The Kier molecular flexibility index (Phi) is 5.79. The number of likely N-dealkylation sites (N-methyl/N-ethyl adjacent to an activating group) is 1. The number of rotatable bonds is 7. The molecule has 6 nitrogen and oxygen atoms in total. The number of nitrogens with one attached hydrogen (secondary N) is 2. The lowest BCUT2D eigenvalue weighted by molar-refractivity contribution is 0.299. The first-order chi connectivity index (χ1) is 11.3. The Hall–Kier alpha value is -1.70. The maximum atomic E-state index is 12.6. The zero-order valence-electron chi connectivity index (χ0n) is 14.9. The summed E-state index contributed by atoms with van der Waals surface area (Å²) in [5.41, 5.74) is 3.38. The summed E-state index contributed by atoms with van der Waals surface area (Å²) < 4.78 is 27.9. The lowest BCUT2D eigenvalue weighted by Crippen LogP contribution is -2.35. The van der Waals surface area contributed by atoms with Crippen LogP contribution < -0.4 is 4.72 Å². The van der Waals surface area contributed by atoms with Crippen molar-refractivity contribution in [2.24, 2.45) is 0 Å². The van der Waals surface area contributed by atoms with Gasteiger partial charge < -0.3 is 4.90 Å². The van der Waals surface area contributed by atoms with Crippen molar-refractivity contribution in [2.75, 3.05) is 20.6 Å². The van der Waals surface area contributed by atoms with Gasteiger partial charge in [-0.25, -0.2) is 13.1 Å². The number of aromatic amines is 1.